The molecule has 53 heavy (non-hydrogen) atoms. The molecule has 0 spiro atoms. The van der Waals surface area contributed by atoms with E-state index in [1.807, 2.05) is 0 Å². The zero-order valence-electron chi connectivity index (χ0n) is 29.0. The summed E-state index contributed by atoms with van der Waals surface area (Å²) < 4.78 is 95.6. The number of nitrogens with one attached hydrogen (secondary N) is 1. The summed E-state index contributed by atoms with van der Waals surface area (Å²) in [6.07, 6.45) is -9.67. The molecule has 4 rings (SSSR count). The standard InChI is InChI=1S/C37H33F6N3O7/c1-20-9-15-25(31(44-20)22-11-13-24(14-12-22)36(38,39)40)33(48)45-28-16-10-21(17-26(28)34(49)46(2)3)7-6-8-30(47)53-32-27(37(41,42)43)18-23(35(50)52-5)19-29(32)51-4/h9-19H,6-8H2,1-5H3,(H,45,48). The maximum absolute atomic E-state index is 13.9. The number of hydrogen-bond donors (Lipinski definition) is 1. The first-order chi connectivity index (χ1) is 24.8. The van der Waals surface area contributed by atoms with Crippen LogP contribution in [0.25, 0.3) is 11.3 Å². The number of hydrogen-bond acceptors (Lipinski definition) is 8. The Kier molecular flexibility index (Phi) is 12.2. The molecule has 0 fully saturated rings. The van der Waals surface area contributed by atoms with Crippen LogP contribution in [0.15, 0.2) is 66.7 Å². The van der Waals surface area contributed by atoms with Crippen molar-refractivity contribution < 1.29 is 59.7 Å². The Bertz CT molecular complexity index is 2030. The lowest BCUT2D eigenvalue weighted by Crippen LogP contribution is -2.24. The minimum Gasteiger partial charge on any atom is -0.493 e. The minimum atomic E-state index is -5.01. The lowest BCUT2D eigenvalue weighted by atomic mass is 10.0. The van der Waals surface area contributed by atoms with Gasteiger partial charge in [0.2, 0.25) is 0 Å². The zero-order valence-corrected chi connectivity index (χ0v) is 29.0. The largest absolute Gasteiger partial charge is 0.493 e. The molecule has 0 aliphatic carbocycles. The van der Waals surface area contributed by atoms with E-state index in [4.69, 9.17) is 9.47 Å². The van der Waals surface area contributed by atoms with Crippen molar-refractivity contribution in [2.24, 2.45) is 0 Å². The molecule has 16 heteroatoms. The van der Waals surface area contributed by atoms with Gasteiger partial charge >= 0.3 is 24.3 Å². The number of esters is 2. The first kappa shape index (κ1) is 39.8. The maximum atomic E-state index is 13.9. The highest BCUT2D eigenvalue weighted by Gasteiger charge is 2.38. The Labute approximate surface area is 299 Å². The predicted octanol–water partition coefficient (Wildman–Crippen LogP) is 7.77. The highest BCUT2D eigenvalue weighted by molar-refractivity contribution is 6.11. The molecule has 4 aromatic rings. The number of anilines is 1. The highest BCUT2D eigenvalue weighted by atomic mass is 19.4. The van der Waals surface area contributed by atoms with Gasteiger partial charge in [-0.3, -0.25) is 19.4 Å². The highest BCUT2D eigenvalue weighted by Crippen LogP contribution is 2.43. The van der Waals surface area contributed by atoms with E-state index in [1.165, 1.54) is 49.3 Å². The van der Waals surface area contributed by atoms with Crippen LogP contribution in [0.2, 0.25) is 0 Å². The second-order valence-corrected chi connectivity index (χ2v) is 11.8. The molecule has 0 radical (unpaired) electrons. The summed E-state index contributed by atoms with van der Waals surface area (Å²) in [4.78, 5) is 57.0. The number of ether oxygens (including phenoxy) is 3. The van der Waals surface area contributed by atoms with Crippen LogP contribution in [-0.4, -0.2) is 62.0 Å². The molecule has 10 nitrogen and oxygen atoms in total. The average Bonchev–Trinajstić information content (AvgIpc) is 3.10. The van der Waals surface area contributed by atoms with Crippen LogP contribution in [-0.2, 0) is 28.3 Å². The van der Waals surface area contributed by atoms with Crippen molar-refractivity contribution in [1.82, 2.24) is 9.88 Å². The Morgan fingerprint density at radius 1 is 0.830 bits per heavy atom. The Morgan fingerprint density at radius 3 is 2.09 bits per heavy atom. The van der Waals surface area contributed by atoms with Crippen LogP contribution in [0.5, 0.6) is 11.5 Å². The number of nitrogens with zero attached hydrogens (tertiary/aromatic N) is 2. The van der Waals surface area contributed by atoms with Gasteiger partial charge in [0.25, 0.3) is 11.8 Å². The monoisotopic (exact) mass is 745 g/mol. The molecule has 0 saturated carbocycles. The van der Waals surface area contributed by atoms with Crippen molar-refractivity contribution in [2.45, 2.75) is 38.5 Å². The van der Waals surface area contributed by atoms with Crippen molar-refractivity contribution in [1.29, 1.82) is 0 Å². The van der Waals surface area contributed by atoms with Crippen LogP contribution in [0.4, 0.5) is 32.0 Å². The molecule has 3 aromatic carbocycles. The number of carbonyl (C=O) groups excluding carboxylic acids is 4. The Balaban J connectivity index is 1.53. The van der Waals surface area contributed by atoms with Crippen LogP contribution in [0, 0.1) is 6.92 Å². The predicted molar refractivity (Wildman–Crippen MR) is 180 cm³/mol. The third-order valence-corrected chi connectivity index (χ3v) is 7.80. The lowest BCUT2D eigenvalue weighted by Gasteiger charge is -2.18. The van der Waals surface area contributed by atoms with E-state index < -0.39 is 64.3 Å². The van der Waals surface area contributed by atoms with E-state index in [2.05, 4.69) is 15.0 Å². The first-order valence-corrected chi connectivity index (χ1v) is 15.7. The maximum Gasteiger partial charge on any atom is 0.420 e. The zero-order chi connectivity index (χ0) is 39.2. The molecular formula is C37H33F6N3O7. The third kappa shape index (κ3) is 9.69. The van der Waals surface area contributed by atoms with Crippen LogP contribution >= 0.6 is 0 Å². The van der Waals surface area contributed by atoms with Gasteiger partial charge in [0.1, 0.15) is 5.56 Å². The first-order valence-electron chi connectivity index (χ1n) is 15.7. The van der Waals surface area contributed by atoms with Crippen molar-refractivity contribution in [3.05, 3.63) is 106 Å². The lowest BCUT2D eigenvalue weighted by molar-refractivity contribution is -0.142. The molecule has 0 aliphatic heterocycles. The van der Waals surface area contributed by atoms with Gasteiger partial charge in [-0.25, -0.2) is 4.79 Å². The summed E-state index contributed by atoms with van der Waals surface area (Å²) in [6.45, 7) is 1.65. The number of amides is 2. The number of pyridine rings is 1. The molecule has 1 heterocycles. The van der Waals surface area contributed by atoms with Crippen molar-refractivity contribution in [3.8, 4) is 22.8 Å². The van der Waals surface area contributed by atoms with E-state index >= 15 is 0 Å². The number of methoxy groups -OCH3 is 2. The summed E-state index contributed by atoms with van der Waals surface area (Å²) in [7, 11) is 5.02. The smallest absolute Gasteiger partial charge is 0.420 e. The minimum absolute atomic E-state index is 0.0337. The SMILES string of the molecule is COC(=O)c1cc(OC)c(OC(=O)CCCc2ccc(NC(=O)c3ccc(C)nc3-c3ccc(C(F)(F)F)cc3)c(C(=O)N(C)C)c2)c(C(F)(F)F)c1. The molecular weight excluding hydrogens is 712 g/mol. The van der Waals surface area contributed by atoms with Gasteiger partial charge in [-0.1, -0.05) is 18.2 Å². The second kappa shape index (κ2) is 16.2. The van der Waals surface area contributed by atoms with Gasteiger partial charge < -0.3 is 24.4 Å². The molecule has 2 amide bonds. The summed E-state index contributed by atoms with van der Waals surface area (Å²) in [5.41, 5.74) is -1.10. The molecule has 0 bridgehead atoms. The van der Waals surface area contributed by atoms with Crippen molar-refractivity contribution in [3.63, 3.8) is 0 Å². The van der Waals surface area contributed by atoms with Crippen LogP contribution in [0.1, 0.15) is 66.3 Å². The van der Waals surface area contributed by atoms with Gasteiger partial charge in [-0.2, -0.15) is 26.3 Å². The summed E-state index contributed by atoms with van der Waals surface area (Å²) in [6, 6.07) is 13.2. The normalized spacial score (nSPS) is 11.5. The Hall–Kier alpha value is -5.93. The average molecular weight is 746 g/mol. The number of halogens is 6. The van der Waals surface area contributed by atoms with E-state index in [9.17, 15) is 45.5 Å². The van der Waals surface area contributed by atoms with Crippen LogP contribution in [0.3, 0.4) is 0 Å². The summed E-state index contributed by atoms with van der Waals surface area (Å²) in [5.74, 6) is -4.69. The van der Waals surface area contributed by atoms with E-state index in [1.54, 1.807) is 19.1 Å². The molecule has 1 N–H and O–H groups in total. The quantitative estimate of drug-likeness (QED) is 0.0939. The summed E-state index contributed by atoms with van der Waals surface area (Å²) in [5, 5.41) is 2.69. The molecule has 0 aliphatic rings. The van der Waals surface area contributed by atoms with E-state index in [0.717, 1.165) is 32.4 Å². The number of carbonyl (C=O) groups is 4. The van der Waals surface area contributed by atoms with Gasteiger partial charge in [-0.05, 0) is 73.9 Å². The van der Waals surface area contributed by atoms with E-state index in [-0.39, 0.29) is 47.3 Å². The molecule has 0 unspecified atom stereocenters. The summed E-state index contributed by atoms with van der Waals surface area (Å²) >= 11 is 0. The van der Waals surface area contributed by atoms with Gasteiger partial charge in [0.15, 0.2) is 11.5 Å². The molecule has 0 atom stereocenters. The number of benzene rings is 3. The number of aromatic nitrogens is 1. The van der Waals surface area contributed by atoms with E-state index in [0.29, 0.717) is 17.3 Å². The van der Waals surface area contributed by atoms with Gasteiger partial charge in [0.05, 0.1) is 47.9 Å². The number of rotatable bonds is 11. The van der Waals surface area contributed by atoms with Gasteiger partial charge in [0, 0.05) is 31.8 Å². The molecule has 1 aromatic heterocycles. The topological polar surface area (TPSA) is 124 Å². The third-order valence-electron chi connectivity index (χ3n) is 7.80. The fraction of sp³-hybridized carbons (Fsp3) is 0.270. The van der Waals surface area contributed by atoms with Gasteiger partial charge in [-0.15, -0.1) is 0 Å². The fourth-order valence-corrected chi connectivity index (χ4v) is 5.15. The molecule has 0 saturated heterocycles. The number of alkyl halides is 6. The number of aryl methyl sites for hydroxylation is 2. The second-order valence-electron chi connectivity index (χ2n) is 11.8. The fourth-order valence-electron chi connectivity index (χ4n) is 5.15. The Morgan fingerprint density at radius 2 is 1.51 bits per heavy atom. The van der Waals surface area contributed by atoms with Crippen molar-refractivity contribution in [2.75, 3.05) is 33.6 Å². The van der Waals surface area contributed by atoms with Crippen LogP contribution < -0.4 is 14.8 Å². The molecule has 280 valence electrons. The van der Waals surface area contributed by atoms with Crippen molar-refractivity contribution >= 4 is 29.4 Å².